The smallest absolute Gasteiger partial charge is 0.387 e. The van der Waals surface area contributed by atoms with Crippen LogP contribution in [0.3, 0.4) is 0 Å². The number of alkyl halides is 2. The van der Waals surface area contributed by atoms with Gasteiger partial charge < -0.3 is 19.9 Å². The van der Waals surface area contributed by atoms with Gasteiger partial charge >= 0.3 is 6.61 Å². The summed E-state index contributed by atoms with van der Waals surface area (Å²) in [5.41, 5.74) is -4.29. The van der Waals surface area contributed by atoms with Crippen molar-refractivity contribution >= 4 is 11.6 Å². The topological polar surface area (TPSA) is 94.7 Å². The second kappa shape index (κ2) is 11.1. The number of hydrogen-bond acceptors (Lipinski definition) is 5. The van der Waals surface area contributed by atoms with Gasteiger partial charge in [0.25, 0.3) is 11.5 Å². The average Bonchev–Trinajstić information content (AvgIpc) is 3.11. The summed E-state index contributed by atoms with van der Waals surface area (Å²) in [7, 11) is 2.47. The molecule has 4 rings (SSSR count). The molecule has 1 aromatic heterocycles. The Morgan fingerprint density at radius 3 is 2.12 bits per heavy atom. The van der Waals surface area contributed by atoms with Crippen LogP contribution >= 0.6 is 0 Å². The molecule has 0 bridgehead atoms. The van der Waals surface area contributed by atoms with E-state index in [2.05, 4.69) is 10.1 Å². The number of carbonyl (C=O) groups excluding carboxylic acids is 1. The summed E-state index contributed by atoms with van der Waals surface area (Å²) in [6.45, 7) is -0.291. The Morgan fingerprint density at radius 1 is 0.976 bits per heavy atom. The van der Waals surface area contributed by atoms with Crippen molar-refractivity contribution in [1.29, 1.82) is 0 Å². The first-order chi connectivity index (χ1) is 19.2. The predicted molar refractivity (Wildman–Crippen MR) is 139 cm³/mol. The number of nitrogens with zero attached hydrogens (tertiary/aromatic N) is 2. The molecular formula is C28H24F5N3O5. The van der Waals surface area contributed by atoms with Crippen LogP contribution in [-0.2, 0) is 12.6 Å². The first kappa shape index (κ1) is 29.3. The lowest BCUT2D eigenvalue weighted by atomic mass is 9.98. The normalized spacial score (nSPS) is 11.6. The summed E-state index contributed by atoms with van der Waals surface area (Å²) in [6.07, 6.45) is 0. The highest BCUT2D eigenvalue weighted by atomic mass is 19.3. The van der Waals surface area contributed by atoms with Crippen LogP contribution in [-0.4, -0.2) is 34.1 Å². The Morgan fingerprint density at radius 2 is 1.59 bits per heavy atom. The van der Waals surface area contributed by atoms with E-state index >= 15 is 8.78 Å². The lowest BCUT2D eigenvalue weighted by molar-refractivity contribution is -0.0498. The molecule has 0 saturated carbocycles. The second-order valence-corrected chi connectivity index (χ2v) is 9.44. The van der Waals surface area contributed by atoms with E-state index in [0.29, 0.717) is 0 Å². The largest absolute Gasteiger partial charge is 0.497 e. The Bertz CT molecular complexity index is 1650. The Hall–Kier alpha value is -4.65. The van der Waals surface area contributed by atoms with Gasteiger partial charge in [0.15, 0.2) is 0 Å². The number of halogens is 5. The summed E-state index contributed by atoms with van der Waals surface area (Å²) >= 11 is 0. The number of aliphatic hydroxyl groups is 1. The minimum absolute atomic E-state index is 0.0978. The first-order valence-electron chi connectivity index (χ1n) is 12.0. The van der Waals surface area contributed by atoms with Crippen LogP contribution in [0.5, 0.6) is 11.5 Å². The Balaban J connectivity index is 1.92. The highest BCUT2D eigenvalue weighted by molar-refractivity contribution is 6.06. The number of methoxy groups -OCH3 is 1. The molecule has 8 nitrogen and oxygen atoms in total. The number of rotatable bonds is 8. The average molecular weight is 578 g/mol. The van der Waals surface area contributed by atoms with Crippen LogP contribution in [0.1, 0.15) is 29.8 Å². The van der Waals surface area contributed by atoms with Gasteiger partial charge in [-0.05, 0) is 61.9 Å². The van der Waals surface area contributed by atoms with Crippen LogP contribution in [0.2, 0.25) is 0 Å². The number of nitrogens with one attached hydrogen (secondary N) is 1. The van der Waals surface area contributed by atoms with E-state index in [1.807, 2.05) is 0 Å². The molecule has 1 heterocycles. The van der Waals surface area contributed by atoms with E-state index in [0.717, 1.165) is 57.9 Å². The van der Waals surface area contributed by atoms with Crippen LogP contribution in [0.15, 0.2) is 59.4 Å². The van der Waals surface area contributed by atoms with Crippen molar-refractivity contribution in [3.8, 4) is 28.4 Å². The minimum Gasteiger partial charge on any atom is -0.497 e. The molecule has 1 amide bonds. The van der Waals surface area contributed by atoms with Crippen LogP contribution in [0.4, 0.5) is 27.6 Å². The monoisotopic (exact) mass is 577 g/mol. The highest BCUT2D eigenvalue weighted by Gasteiger charge is 2.28. The molecule has 0 saturated heterocycles. The van der Waals surface area contributed by atoms with E-state index in [4.69, 9.17) is 4.74 Å². The van der Waals surface area contributed by atoms with Gasteiger partial charge in [-0.25, -0.2) is 17.9 Å². The van der Waals surface area contributed by atoms with Gasteiger partial charge in [-0.2, -0.15) is 8.78 Å². The van der Waals surface area contributed by atoms with Crippen LogP contribution < -0.4 is 20.3 Å². The molecule has 0 radical (unpaired) electrons. The third kappa shape index (κ3) is 5.94. The number of amides is 1. The maximum Gasteiger partial charge on any atom is 0.387 e. The van der Waals surface area contributed by atoms with Gasteiger partial charge in [-0.15, -0.1) is 0 Å². The molecule has 0 unspecified atom stereocenters. The lowest BCUT2D eigenvalue weighted by Gasteiger charge is -2.19. The highest BCUT2D eigenvalue weighted by Crippen LogP contribution is 2.35. The van der Waals surface area contributed by atoms with Crippen molar-refractivity contribution in [2.75, 3.05) is 12.4 Å². The zero-order chi connectivity index (χ0) is 30.2. The number of carbonyl (C=O) groups is 1. The Labute approximate surface area is 230 Å². The third-order valence-corrected chi connectivity index (χ3v) is 6.17. The zero-order valence-corrected chi connectivity index (χ0v) is 22.1. The maximum absolute atomic E-state index is 15.3. The molecule has 216 valence electrons. The first-order valence-corrected chi connectivity index (χ1v) is 12.0. The number of anilines is 1. The van der Waals surface area contributed by atoms with Crippen molar-refractivity contribution in [3.63, 3.8) is 0 Å². The third-order valence-electron chi connectivity index (χ3n) is 6.17. The quantitative estimate of drug-likeness (QED) is 0.276. The fourth-order valence-electron chi connectivity index (χ4n) is 4.21. The van der Waals surface area contributed by atoms with Gasteiger partial charge in [0.2, 0.25) is 0 Å². The maximum atomic E-state index is 15.3. The molecular weight excluding hydrogens is 553 g/mol. The molecule has 0 aliphatic carbocycles. The molecule has 3 aromatic carbocycles. The van der Waals surface area contributed by atoms with Crippen LogP contribution in [0.25, 0.3) is 16.9 Å². The molecule has 2 N–H and O–H groups in total. The van der Waals surface area contributed by atoms with E-state index in [1.54, 1.807) is 0 Å². The lowest BCUT2D eigenvalue weighted by Crippen LogP contribution is -2.24. The Kier molecular flexibility index (Phi) is 7.93. The van der Waals surface area contributed by atoms with Crippen molar-refractivity contribution in [1.82, 2.24) is 9.36 Å². The van der Waals surface area contributed by atoms with Crippen molar-refractivity contribution in [3.05, 3.63) is 93.5 Å². The molecule has 4 aromatic rings. The summed E-state index contributed by atoms with van der Waals surface area (Å²) < 4.78 is 81.1. The molecule has 13 heteroatoms. The van der Waals surface area contributed by atoms with Crippen molar-refractivity contribution in [2.45, 2.75) is 26.1 Å². The molecule has 0 aliphatic heterocycles. The summed E-state index contributed by atoms with van der Waals surface area (Å²) in [4.78, 5) is 26.8. The van der Waals surface area contributed by atoms with E-state index in [9.17, 15) is 27.9 Å². The number of benzene rings is 3. The van der Waals surface area contributed by atoms with Gasteiger partial charge in [0.05, 0.1) is 24.0 Å². The molecule has 0 atom stereocenters. The van der Waals surface area contributed by atoms with Crippen molar-refractivity contribution < 1.29 is 41.3 Å². The van der Waals surface area contributed by atoms with E-state index in [1.165, 1.54) is 34.1 Å². The SMILES string of the molecule is COc1cc(F)c(-c2c(NC(=O)c3ccc(OC(F)F)cc3)c(=O)n(-c3cc(F)cc(C(C)(C)O)c3)n2C)c(F)c1. The molecule has 41 heavy (non-hydrogen) atoms. The number of aromatic nitrogens is 2. The zero-order valence-electron chi connectivity index (χ0n) is 22.1. The number of ether oxygens (including phenoxy) is 2. The van der Waals surface area contributed by atoms with E-state index < -0.39 is 58.1 Å². The van der Waals surface area contributed by atoms with Crippen LogP contribution in [0, 0.1) is 17.5 Å². The van der Waals surface area contributed by atoms with Gasteiger partial charge in [-0.3, -0.25) is 14.3 Å². The number of hydrogen-bond donors (Lipinski definition) is 2. The summed E-state index contributed by atoms with van der Waals surface area (Å²) in [5.74, 6) is -4.37. The standard InChI is InChI=1S/C28H24F5N3O5/c1-28(2,39)15-9-16(29)11-17(10-15)36-26(38)23(34-25(37)14-5-7-18(8-6-14)41-27(32)33)24(35(36)3)22-20(30)12-19(40-4)13-21(22)31/h5-13,27,39H,1-4H3,(H,34,37). The molecule has 0 spiro atoms. The van der Waals surface area contributed by atoms with Crippen molar-refractivity contribution in [2.24, 2.45) is 7.05 Å². The second-order valence-electron chi connectivity index (χ2n) is 9.44. The van der Waals surface area contributed by atoms with E-state index in [-0.39, 0.29) is 28.3 Å². The summed E-state index contributed by atoms with van der Waals surface area (Å²) in [6, 6.07) is 9.57. The van der Waals surface area contributed by atoms with Gasteiger partial charge in [0, 0.05) is 24.7 Å². The molecule has 0 fully saturated rings. The minimum atomic E-state index is -3.09. The predicted octanol–water partition coefficient (Wildman–Crippen LogP) is 5.35. The summed E-state index contributed by atoms with van der Waals surface area (Å²) in [5, 5.41) is 12.8. The molecule has 0 aliphatic rings. The van der Waals surface area contributed by atoms with Gasteiger partial charge in [0.1, 0.15) is 40.3 Å². The van der Waals surface area contributed by atoms with Gasteiger partial charge in [-0.1, -0.05) is 0 Å². The fraction of sp³-hybridized carbons (Fsp3) is 0.214. The fourth-order valence-corrected chi connectivity index (χ4v) is 4.21.